The summed E-state index contributed by atoms with van der Waals surface area (Å²) in [5, 5.41) is 22.5. The fourth-order valence-corrected chi connectivity index (χ4v) is 14.8. The average molecular weight is 1130 g/mol. The van der Waals surface area contributed by atoms with E-state index in [1.165, 1.54) is 28.4 Å². The van der Waals surface area contributed by atoms with Crippen LogP contribution in [0.4, 0.5) is 9.93 Å². The first-order valence-corrected chi connectivity index (χ1v) is 28.4. The number of nitrogens with one attached hydrogen (secondary N) is 3. The van der Waals surface area contributed by atoms with Gasteiger partial charge in [-0.1, -0.05) is 67.6 Å². The van der Waals surface area contributed by atoms with Crippen molar-refractivity contribution >= 4 is 73.3 Å². The van der Waals surface area contributed by atoms with E-state index in [1.54, 1.807) is 43.6 Å². The molecule has 20 nitrogen and oxygen atoms in total. The van der Waals surface area contributed by atoms with Gasteiger partial charge in [0.05, 0.1) is 64.3 Å². The molecule has 5 heterocycles. The van der Waals surface area contributed by atoms with E-state index >= 15 is 0 Å². The summed E-state index contributed by atoms with van der Waals surface area (Å²) in [7, 11) is 1.70. The molecule has 2 atom stereocenters. The Morgan fingerprint density at radius 1 is 0.841 bits per heavy atom. The van der Waals surface area contributed by atoms with E-state index in [0.717, 1.165) is 64.7 Å². The first-order valence-electron chi connectivity index (χ1n) is 27.5. The predicted molar refractivity (Wildman–Crippen MR) is 306 cm³/mol. The molecule has 4 N–H and O–H groups in total. The zero-order chi connectivity index (χ0) is 57.4. The predicted octanol–water partition coefficient (Wildman–Crippen LogP) is 9.19. The van der Waals surface area contributed by atoms with E-state index in [4.69, 9.17) is 29.0 Å². The minimum absolute atomic E-state index is 0.00155. The lowest BCUT2D eigenvalue weighted by Crippen LogP contribution is -2.64. The van der Waals surface area contributed by atoms with Crippen LogP contribution in [-0.2, 0) is 41.7 Å². The van der Waals surface area contributed by atoms with Crippen LogP contribution in [0, 0.1) is 23.2 Å². The maximum atomic E-state index is 13.6. The number of fused-ring (bicyclic) bond motifs is 2. The first-order chi connectivity index (χ1) is 39.4. The number of amides is 5. The van der Waals surface area contributed by atoms with Crippen LogP contribution >= 0.6 is 11.3 Å². The van der Waals surface area contributed by atoms with Crippen molar-refractivity contribution in [3.63, 3.8) is 0 Å². The zero-order valence-electron chi connectivity index (χ0n) is 46.2. The summed E-state index contributed by atoms with van der Waals surface area (Å²) in [5.41, 5.74) is 4.93. The Balaban J connectivity index is 0.681. The molecule has 21 heteroatoms. The maximum Gasteiger partial charge on any atom is 0.409 e. The monoisotopic (exact) mass is 1130 g/mol. The molecule has 4 bridgehead atoms. The number of pyridine rings is 1. The quantitative estimate of drug-likeness (QED) is 0.0344. The van der Waals surface area contributed by atoms with E-state index in [1.807, 2.05) is 66.2 Å². The largest absolute Gasteiger partial charge is 0.491 e. The number of aromatic nitrogens is 5. The number of carboxylic acids is 1. The number of hydrogen-bond acceptors (Lipinski definition) is 14. The van der Waals surface area contributed by atoms with Crippen LogP contribution in [0.15, 0.2) is 103 Å². The molecular weight excluding hydrogens is 1070 g/mol. The second-order valence-electron chi connectivity index (χ2n) is 23.1. The summed E-state index contributed by atoms with van der Waals surface area (Å²) >= 11 is 1.40. The van der Waals surface area contributed by atoms with Gasteiger partial charge in [0.25, 0.3) is 17.7 Å². The third-order valence-corrected chi connectivity index (χ3v) is 17.3. The second kappa shape index (κ2) is 22.6. The lowest BCUT2D eigenvalue weighted by Gasteiger charge is -2.69. The molecule has 7 aromatic rings. The topological polar surface area (TPSA) is 249 Å². The number of carbonyl (C=O) groups excluding carboxylic acids is 5. The normalized spacial score (nSPS) is 21.6. The van der Waals surface area contributed by atoms with E-state index in [-0.39, 0.29) is 79.7 Å². The van der Waals surface area contributed by atoms with Gasteiger partial charge in [0.2, 0.25) is 5.91 Å². The van der Waals surface area contributed by atoms with Gasteiger partial charge in [0, 0.05) is 79.6 Å². The number of carboxylic acid groups (broad SMARTS) is 1. The minimum atomic E-state index is -1.17. The Kier molecular flexibility index (Phi) is 15.3. The Hall–Kier alpha value is -8.27. The summed E-state index contributed by atoms with van der Waals surface area (Å²) in [6, 6.07) is 25.9. The zero-order valence-corrected chi connectivity index (χ0v) is 47.1. The molecule has 0 radical (unpaired) electrons. The fraction of sp³-hybridized carbons (Fsp3) is 0.393. The highest BCUT2D eigenvalue weighted by molar-refractivity contribution is 7.22. The Labute approximate surface area is 477 Å². The van der Waals surface area contributed by atoms with Crippen molar-refractivity contribution in [1.29, 1.82) is 0 Å². The number of para-hydroxylation sites is 3. The molecule has 426 valence electrons. The van der Waals surface area contributed by atoms with Crippen LogP contribution in [0.25, 0.3) is 43.6 Å². The highest BCUT2D eigenvalue weighted by Gasteiger charge is 2.66. The lowest BCUT2D eigenvalue weighted by molar-refractivity contribution is -0.248. The first kappa shape index (κ1) is 55.6. The number of H-pyrrole nitrogens is 1. The molecule has 82 heavy (non-hydrogen) atoms. The number of aromatic carboxylic acids is 1. The molecule has 3 aromatic carbocycles. The van der Waals surface area contributed by atoms with E-state index in [2.05, 4.69) is 34.4 Å². The third-order valence-electron chi connectivity index (χ3n) is 16.3. The molecule has 4 aliphatic carbocycles. The highest BCUT2D eigenvalue weighted by atomic mass is 32.1. The van der Waals surface area contributed by atoms with Gasteiger partial charge in [-0.2, -0.15) is 5.10 Å². The van der Waals surface area contributed by atoms with Crippen molar-refractivity contribution in [3.05, 3.63) is 126 Å². The SMILES string of the molecule is Cc1c(-c2ccc(-c3cc4cccc(C(=O)Nc5nc6ccccc6s5)c4[nH]3)nc2C(=O)O)cnn1CC12CC3(C)CC(C)(C1)CC(OCCN(C)C(=O)OCc1ccccc1OCCOCCNC(=O)CCN1C(=O)C=CC1=O)(C3)C2. The van der Waals surface area contributed by atoms with Crippen LogP contribution in [0.1, 0.15) is 90.9 Å². The smallest absolute Gasteiger partial charge is 0.409 e. The van der Waals surface area contributed by atoms with Crippen molar-refractivity contribution < 1.29 is 52.8 Å². The Morgan fingerprint density at radius 3 is 2.39 bits per heavy atom. The molecule has 2 unspecified atom stereocenters. The van der Waals surface area contributed by atoms with Gasteiger partial charge in [0.15, 0.2) is 10.8 Å². The summed E-state index contributed by atoms with van der Waals surface area (Å²) in [6.45, 7) is 9.03. The number of thiazole rings is 1. The summed E-state index contributed by atoms with van der Waals surface area (Å²) in [5.74, 6) is -2.08. The Morgan fingerprint density at radius 2 is 1.61 bits per heavy atom. The standard InChI is InChI=1S/C61H65N9O11S/c1-38-43(41-16-17-44(64-53(41)55(75)76)46-28-39-11-9-12-42(52(39)65-46)54(74)67-56-66-45-13-6-8-15-48(45)82-56)29-63-70(38)37-60-32-58(2)31-59(3,33-60)35-61(34-58,36-60)81-25-23-68(4)57(77)80-30-40-10-5-7-14-47(40)79-27-26-78-24-21-62-49(71)20-22-69-50(72)18-19-51(69)73/h5-19,28-29,65H,20-27,30-37H2,1-4H3,(H,62,71)(H,75,76)(H,66,67,74). The maximum absolute atomic E-state index is 13.6. The number of carbonyl (C=O) groups is 6. The van der Waals surface area contributed by atoms with Gasteiger partial charge in [-0.05, 0) is 104 Å². The van der Waals surface area contributed by atoms with E-state index < -0.39 is 29.5 Å². The second-order valence-corrected chi connectivity index (χ2v) is 24.1. The number of rotatable bonds is 23. The average Bonchev–Trinajstić information content (AvgIpc) is 2.01. The molecule has 5 aliphatic rings. The molecule has 5 amide bonds. The minimum Gasteiger partial charge on any atom is -0.491 e. The van der Waals surface area contributed by atoms with Crippen LogP contribution in [-0.4, -0.2) is 134 Å². The molecule has 1 aliphatic heterocycles. The van der Waals surface area contributed by atoms with Gasteiger partial charge in [-0.3, -0.25) is 34.1 Å². The summed E-state index contributed by atoms with van der Waals surface area (Å²) in [4.78, 5) is 90.6. The summed E-state index contributed by atoms with van der Waals surface area (Å²) in [6.07, 6.45) is 9.44. The number of ether oxygens (including phenoxy) is 4. The molecule has 4 aromatic heterocycles. The van der Waals surface area contributed by atoms with Crippen molar-refractivity contribution in [2.75, 3.05) is 58.4 Å². The number of anilines is 1. The summed E-state index contributed by atoms with van der Waals surface area (Å²) < 4.78 is 27.3. The number of hydrogen-bond donors (Lipinski definition) is 4. The van der Waals surface area contributed by atoms with Crippen LogP contribution in [0.2, 0.25) is 0 Å². The van der Waals surface area contributed by atoms with E-state index in [0.29, 0.717) is 69.7 Å². The Bertz CT molecular complexity index is 3610. The third kappa shape index (κ3) is 11.8. The van der Waals surface area contributed by atoms with Gasteiger partial charge in [-0.25, -0.2) is 19.6 Å². The fourth-order valence-electron chi connectivity index (χ4n) is 13.9. The molecule has 4 saturated carbocycles. The molecule has 4 fully saturated rings. The number of likely N-dealkylation sites (N-methyl/N-ethyl adjacent to an activating group) is 1. The molecule has 0 saturated heterocycles. The molecule has 0 spiro atoms. The van der Waals surface area contributed by atoms with Gasteiger partial charge >= 0.3 is 12.1 Å². The van der Waals surface area contributed by atoms with Crippen LogP contribution in [0.5, 0.6) is 5.75 Å². The number of benzene rings is 3. The number of aromatic amines is 1. The van der Waals surface area contributed by atoms with Gasteiger partial charge < -0.3 is 39.3 Å². The lowest BCUT2D eigenvalue weighted by atomic mass is 9.39. The van der Waals surface area contributed by atoms with E-state index in [9.17, 15) is 33.9 Å². The van der Waals surface area contributed by atoms with Crippen LogP contribution in [0.3, 0.4) is 0 Å². The van der Waals surface area contributed by atoms with Gasteiger partial charge in [-0.15, -0.1) is 0 Å². The number of nitrogens with zero attached hydrogens (tertiary/aromatic N) is 6. The van der Waals surface area contributed by atoms with Crippen LogP contribution < -0.4 is 15.4 Å². The van der Waals surface area contributed by atoms with Crippen molar-refractivity contribution in [3.8, 4) is 28.3 Å². The molecular formula is C61H65N9O11S. The highest BCUT2D eigenvalue weighted by Crippen LogP contribution is 2.72. The van der Waals surface area contributed by atoms with Crippen molar-refractivity contribution in [1.82, 2.24) is 39.8 Å². The molecule has 12 rings (SSSR count). The number of imide groups is 1. The van der Waals surface area contributed by atoms with Crippen molar-refractivity contribution in [2.45, 2.75) is 84.5 Å². The van der Waals surface area contributed by atoms with Crippen molar-refractivity contribution in [2.24, 2.45) is 16.2 Å². The van der Waals surface area contributed by atoms with Gasteiger partial charge in [0.1, 0.15) is 19.0 Å².